The molecule has 3 N–H and O–H groups in total. The molecule has 5 nitrogen and oxygen atoms in total. The lowest BCUT2D eigenvalue weighted by atomic mass is 10.3. The number of hydrogen-bond donors (Lipinski definition) is 3. The van der Waals surface area contributed by atoms with Gasteiger partial charge in [-0.1, -0.05) is 6.92 Å². The Labute approximate surface area is 117 Å². The summed E-state index contributed by atoms with van der Waals surface area (Å²) in [7, 11) is -3.66. The topological polar surface area (TPSA) is 74.0 Å². The van der Waals surface area contributed by atoms with Gasteiger partial charge in [0.15, 0.2) is 0 Å². The number of aromatic amines is 1. The minimum absolute atomic E-state index is 0.148. The monoisotopic (exact) mass is 297 g/mol. The summed E-state index contributed by atoms with van der Waals surface area (Å²) in [4.78, 5) is 3.05. The zero-order valence-corrected chi connectivity index (χ0v) is 11.8. The number of benzene rings is 1. The average Bonchev–Trinajstić information content (AvgIpc) is 2.88. The van der Waals surface area contributed by atoms with Gasteiger partial charge >= 0.3 is 0 Å². The Morgan fingerprint density at radius 3 is 2.60 bits per heavy atom. The van der Waals surface area contributed by atoms with Gasteiger partial charge in [0, 0.05) is 24.1 Å². The van der Waals surface area contributed by atoms with Crippen LogP contribution in [-0.2, 0) is 16.6 Å². The number of nitrogens with one attached hydrogen (secondary N) is 3. The van der Waals surface area contributed by atoms with Crippen LogP contribution in [-0.4, -0.2) is 19.9 Å². The fourth-order valence-electron chi connectivity index (χ4n) is 1.67. The highest BCUT2D eigenvalue weighted by Crippen LogP contribution is 2.17. The lowest BCUT2D eigenvalue weighted by Gasteiger charge is -2.05. The third kappa shape index (κ3) is 3.58. The van der Waals surface area contributed by atoms with Crippen LogP contribution in [0.15, 0.2) is 41.4 Å². The van der Waals surface area contributed by atoms with E-state index in [0.717, 1.165) is 12.2 Å². The van der Waals surface area contributed by atoms with Crippen molar-refractivity contribution in [2.45, 2.75) is 18.4 Å². The first-order valence-electron chi connectivity index (χ1n) is 6.17. The summed E-state index contributed by atoms with van der Waals surface area (Å²) in [5, 5.41) is 3.10. The van der Waals surface area contributed by atoms with E-state index in [9.17, 15) is 12.8 Å². The number of H-pyrrole nitrogens is 1. The molecule has 0 atom stereocenters. The molecule has 0 saturated heterocycles. The van der Waals surface area contributed by atoms with Crippen molar-refractivity contribution in [2.75, 3.05) is 11.3 Å². The minimum atomic E-state index is -3.66. The summed E-state index contributed by atoms with van der Waals surface area (Å²) in [6.07, 6.45) is 1.43. The predicted octanol–water partition coefficient (Wildman–Crippen LogP) is 2.06. The third-order valence-corrected chi connectivity index (χ3v) is 4.05. The van der Waals surface area contributed by atoms with Crippen LogP contribution in [0.5, 0.6) is 0 Å². The largest absolute Gasteiger partial charge is 0.363 e. The van der Waals surface area contributed by atoms with Gasteiger partial charge in [-0.15, -0.1) is 0 Å². The fourth-order valence-corrected chi connectivity index (χ4v) is 2.74. The smallest absolute Gasteiger partial charge is 0.263 e. The van der Waals surface area contributed by atoms with Gasteiger partial charge < -0.3 is 10.3 Å². The molecule has 0 saturated carbocycles. The van der Waals surface area contributed by atoms with Crippen LogP contribution in [0.25, 0.3) is 0 Å². The van der Waals surface area contributed by atoms with Crippen molar-refractivity contribution in [1.82, 2.24) is 10.3 Å². The number of aromatic nitrogens is 1. The third-order valence-electron chi connectivity index (χ3n) is 2.69. The second-order valence-electron chi connectivity index (χ2n) is 4.25. The lowest BCUT2D eigenvalue weighted by Crippen LogP contribution is -2.13. The van der Waals surface area contributed by atoms with Crippen LogP contribution < -0.4 is 10.0 Å². The van der Waals surface area contributed by atoms with Gasteiger partial charge in [-0.05, 0) is 36.9 Å². The molecule has 2 rings (SSSR count). The molecule has 0 unspecified atom stereocenters. The van der Waals surface area contributed by atoms with E-state index in [4.69, 9.17) is 0 Å². The summed E-state index contributed by atoms with van der Waals surface area (Å²) < 4.78 is 39.4. The van der Waals surface area contributed by atoms with Crippen molar-refractivity contribution in [3.05, 3.63) is 48.0 Å². The summed E-state index contributed by atoms with van der Waals surface area (Å²) in [5.74, 6) is -0.414. The Bertz CT molecular complexity index is 665. The van der Waals surface area contributed by atoms with Crippen LogP contribution in [0, 0.1) is 5.82 Å². The zero-order chi connectivity index (χ0) is 14.6. The Kier molecular flexibility index (Phi) is 4.41. The maximum atomic E-state index is 12.8. The van der Waals surface area contributed by atoms with E-state index in [-0.39, 0.29) is 4.90 Å². The van der Waals surface area contributed by atoms with Gasteiger partial charge in [0.1, 0.15) is 10.7 Å². The quantitative estimate of drug-likeness (QED) is 0.764. The molecule has 20 heavy (non-hydrogen) atoms. The molecular weight excluding hydrogens is 281 g/mol. The first-order valence-corrected chi connectivity index (χ1v) is 7.66. The molecule has 0 aliphatic heterocycles. The van der Waals surface area contributed by atoms with E-state index in [1.165, 1.54) is 30.5 Å². The van der Waals surface area contributed by atoms with E-state index < -0.39 is 15.8 Å². The molecule has 1 aromatic carbocycles. The van der Waals surface area contributed by atoms with Gasteiger partial charge in [-0.3, -0.25) is 4.72 Å². The Hall–Kier alpha value is -1.86. The van der Waals surface area contributed by atoms with Crippen molar-refractivity contribution >= 4 is 15.7 Å². The summed E-state index contributed by atoms with van der Waals surface area (Å²) >= 11 is 0. The number of hydrogen-bond acceptors (Lipinski definition) is 3. The highest BCUT2D eigenvalue weighted by Gasteiger charge is 2.16. The van der Waals surface area contributed by atoms with Crippen molar-refractivity contribution in [3.8, 4) is 0 Å². The molecule has 0 bridgehead atoms. The van der Waals surface area contributed by atoms with Crippen LogP contribution in [0.1, 0.15) is 12.6 Å². The molecular formula is C13H16FN3O2S. The van der Waals surface area contributed by atoms with Gasteiger partial charge in [-0.25, -0.2) is 12.8 Å². The van der Waals surface area contributed by atoms with Gasteiger partial charge in [0.05, 0.1) is 0 Å². The molecule has 0 amide bonds. The minimum Gasteiger partial charge on any atom is -0.363 e. The average molecular weight is 297 g/mol. The van der Waals surface area contributed by atoms with Crippen LogP contribution in [0.2, 0.25) is 0 Å². The SMILES string of the molecule is CCNCc1cc(S(=O)(=O)Nc2ccc(F)cc2)c[nH]1. The maximum absolute atomic E-state index is 12.8. The molecule has 0 spiro atoms. The maximum Gasteiger partial charge on any atom is 0.263 e. The number of sulfonamides is 1. The van der Waals surface area contributed by atoms with E-state index in [0.29, 0.717) is 12.2 Å². The van der Waals surface area contributed by atoms with Gasteiger partial charge in [0.2, 0.25) is 0 Å². The molecule has 2 aromatic rings. The second-order valence-corrected chi connectivity index (χ2v) is 5.94. The number of rotatable bonds is 6. The Morgan fingerprint density at radius 1 is 1.25 bits per heavy atom. The van der Waals surface area contributed by atoms with E-state index >= 15 is 0 Å². The first kappa shape index (κ1) is 14.5. The van der Waals surface area contributed by atoms with Gasteiger partial charge in [-0.2, -0.15) is 0 Å². The van der Waals surface area contributed by atoms with Crippen molar-refractivity contribution < 1.29 is 12.8 Å². The lowest BCUT2D eigenvalue weighted by molar-refractivity contribution is 0.601. The summed E-state index contributed by atoms with van der Waals surface area (Å²) in [6, 6.07) is 6.71. The molecule has 108 valence electrons. The standard InChI is InChI=1S/C13H16FN3O2S/c1-2-15-8-12-7-13(9-16-12)20(18,19)17-11-5-3-10(14)4-6-11/h3-7,9,15-17H,2,8H2,1H3. The molecule has 0 fully saturated rings. The van der Waals surface area contributed by atoms with E-state index in [1.807, 2.05) is 6.92 Å². The Balaban J connectivity index is 2.13. The summed E-state index contributed by atoms with van der Waals surface area (Å²) in [6.45, 7) is 3.34. The normalized spacial score (nSPS) is 11.5. The molecule has 1 aromatic heterocycles. The fraction of sp³-hybridized carbons (Fsp3) is 0.231. The molecule has 7 heteroatoms. The molecule has 0 aliphatic carbocycles. The van der Waals surface area contributed by atoms with Crippen molar-refractivity contribution in [3.63, 3.8) is 0 Å². The van der Waals surface area contributed by atoms with Crippen LogP contribution in [0.4, 0.5) is 10.1 Å². The molecule has 0 radical (unpaired) electrons. The highest BCUT2D eigenvalue weighted by atomic mass is 32.2. The number of halogens is 1. The van der Waals surface area contributed by atoms with E-state index in [2.05, 4.69) is 15.0 Å². The van der Waals surface area contributed by atoms with Crippen LogP contribution >= 0.6 is 0 Å². The molecule has 0 aliphatic rings. The van der Waals surface area contributed by atoms with Crippen molar-refractivity contribution in [2.24, 2.45) is 0 Å². The highest BCUT2D eigenvalue weighted by molar-refractivity contribution is 7.92. The number of anilines is 1. The predicted molar refractivity (Wildman–Crippen MR) is 75.4 cm³/mol. The second kappa shape index (κ2) is 6.06. The summed E-state index contributed by atoms with van der Waals surface area (Å²) in [5.41, 5.74) is 1.10. The van der Waals surface area contributed by atoms with E-state index in [1.54, 1.807) is 6.07 Å². The zero-order valence-electron chi connectivity index (χ0n) is 11.0. The molecule has 1 heterocycles. The first-order chi connectivity index (χ1) is 9.51. The van der Waals surface area contributed by atoms with Crippen molar-refractivity contribution in [1.29, 1.82) is 0 Å². The Morgan fingerprint density at radius 2 is 1.95 bits per heavy atom. The van der Waals surface area contributed by atoms with Gasteiger partial charge in [0.25, 0.3) is 10.0 Å². The van der Waals surface area contributed by atoms with Crippen LogP contribution in [0.3, 0.4) is 0 Å².